The topological polar surface area (TPSA) is 24.7 Å². The van der Waals surface area contributed by atoms with E-state index in [0.29, 0.717) is 0 Å². The summed E-state index contributed by atoms with van der Waals surface area (Å²) in [4.78, 5) is 0. The quantitative estimate of drug-likeness (QED) is 0.452. The van der Waals surface area contributed by atoms with Gasteiger partial charge in [-0.1, -0.05) is 0 Å². The van der Waals surface area contributed by atoms with E-state index < -0.39 is 8.18 Å². The van der Waals surface area contributed by atoms with Gasteiger partial charge in [0.05, 0.1) is 0 Å². The molecule has 0 rings (SSSR count). The van der Waals surface area contributed by atoms with Gasteiger partial charge in [0.25, 0.3) is 0 Å². The summed E-state index contributed by atoms with van der Waals surface area (Å²) in [5.41, 5.74) is 0. The van der Waals surface area contributed by atoms with Crippen LogP contribution in [-0.4, -0.2) is 25.3 Å². The van der Waals surface area contributed by atoms with Crippen LogP contribution in [0.15, 0.2) is 8.06 Å². The number of rotatable bonds is 1. The van der Waals surface area contributed by atoms with E-state index >= 15 is 0 Å². The molecule has 0 saturated carbocycles. The molecule has 0 aliphatic carbocycles. The fourth-order valence-corrected chi connectivity index (χ4v) is 9.18. The summed E-state index contributed by atoms with van der Waals surface area (Å²) >= 11 is 11.2. The predicted molar refractivity (Wildman–Crippen MR) is 47.3 cm³/mol. The average molecular weight is 421 g/mol. The summed E-state index contributed by atoms with van der Waals surface area (Å²) in [5, 5.41) is 0. The summed E-state index contributed by atoms with van der Waals surface area (Å²) in [7, 11) is -2.17. The molecule has 0 spiro atoms. The van der Waals surface area contributed by atoms with Crippen molar-refractivity contribution in [2.24, 2.45) is 8.06 Å². The predicted octanol–water partition coefficient (Wildman–Crippen LogP) is 1.34. The van der Waals surface area contributed by atoms with Crippen LogP contribution in [-0.2, 0) is 0 Å². The van der Waals surface area contributed by atoms with Crippen molar-refractivity contribution in [2.75, 3.05) is 0 Å². The van der Waals surface area contributed by atoms with Crippen molar-refractivity contribution < 1.29 is 0 Å². The van der Waals surface area contributed by atoms with Crippen LogP contribution in [0, 0.1) is 0 Å². The van der Waals surface area contributed by atoms with E-state index in [0.717, 1.165) is 0 Å². The van der Waals surface area contributed by atoms with Crippen LogP contribution < -0.4 is 0 Å². The van der Waals surface area contributed by atoms with Crippen LogP contribution in [0.25, 0.3) is 0 Å². The van der Waals surface area contributed by atoms with Gasteiger partial charge in [0.2, 0.25) is 0 Å². The molecule has 0 heterocycles. The molecule has 0 aromatic heterocycles. The molecule has 0 aliphatic rings. The van der Waals surface area contributed by atoms with Crippen molar-refractivity contribution in [3.63, 3.8) is 0 Å². The third-order valence-corrected chi connectivity index (χ3v) is 4.62. The van der Waals surface area contributed by atoms with Gasteiger partial charge in [-0.25, -0.2) is 0 Å². The monoisotopic (exact) mass is 418 g/mol. The van der Waals surface area contributed by atoms with Crippen LogP contribution in [0.1, 0.15) is 0 Å². The molecular formula is H3As2Br3N2. The van der Waals surface area contributed by atoms with Crippen LogP contribution in [0.4, 0.5) is 0 Å². The summed E-state index contributed by atoms with van der Waals surface area (Å²) in [6.07, 6.45) is 0. The van der Waals surface area contributed by atoms with Gasteiger partial charge in [0, 0.05) is 0 Å². The Labute approximate surface area is 74.0 Å². The number of nitrogens with zero attached hydrogens (tertiary/aromatic N) is 2. The first-order valence-electron chi connectivity index (χ1n) is 1.25. The molecule has 2 nitrogen and oxygen atoms in total. The van der Waals surface area contributed by atoms with Crippen LogP contribution in [0.2, 0.25) is 0 Å². The Bertz CT molecular complexity index is 73.5. The van der Waals surface area contributed by atoms with E-state index in [4.69, 9.17) is 0 Å². The molecule has 7 heteroatoms. The zero-order valence-electron chi connectivity index (χ0n) is 3.11. The standard InChI is InChI=1S/As2Br3H3N2/c1-6-7-2(3,4)5/h2H,1H2. The Morgan fingerprint density at radius 2 is 1.71 bits per heavy atom. The average Bonchev–Trinajstić information content (AvgIpc) is 1.30. The molecule has 1 atom stereocenters. The van der Waals surface area contributed by atoms with Crippen molar-refractivity contribution in [3.05, 3.63) is 0 Å². The fourth-order valence-electron chi connectivity index (χ4n) is 0.0655. The SMILES string of the molecule is [AsH2]N=N[AsH](Br)(Br)Br. The minimum absolute atomic E-state index is 1.26. The number of halogens is 3. The molecular weight excluding hydrogens is 418 g/mol. The first kappa shape index (κ1) is 9.16. The normalized spacial score (nSPS) is 15.4. The second-order valence-electron chi connectivity index (χ2n) is 0.683. The van der Waals surface area contributed by atoms with Crippen molar-refractivity contribution in [2.45, 2.75) is 0 Å². The molecule has 0 aromatic carbocycles. The van der Waals surface area contributed by atoms with Crippen molar-refractivity contribution in [1.82, 2.24) is 0 Å². The van der Waals surface area contributed by atoms with Crippen LogP contribution in [0.5, 0.6) is 0 Å². The Balaban J connectivity index is 3.56. The van der Waals surface area contributed by atoms with Crippen LogP contribution >= 0.6 is 41.8 Å². The Hall–Kier alpha value is 2.16. The molecule has 0 bridgehead atoms. The second kappa shape index (κ2) is 4.05. The number of hydrogen-bond acceptors (Lipinski definition) is 2. The summed E-state index contributed by atoms with van der Waals surface area (Å²) in [6.45, 7) is 0. The van der Waals surface area contributed by atoms with Crippen molar-refractivity contribution in [1.29, 1.82) is 0 Å². The van der Waals surface area contributed by atoms with Gasteiger partial charge < -0.3 is 0 Å². The molecule has 0 radical (unpaired) electrons. The molecule has 44 valence electrons. The fraction of sp³-hybridized carbons (Fsp3) is 0. The molecule has 0 aromatic rings. The number of hydrogen-bond donors (Lipinski definition) is 0. The Kier molecular flexibility index (Phi) is 5.30. The van der Waals surface area contributed by atoms with Gasteiger partial charge in [-0.3, -0.25) is 0 Å². The van der Waals surface area contributed by atoms with E-state index in [-0.39, 0.29) is 0 Å². The van der Waals surface area contributed by atoms with Crippen LogP contribution in [0.3, 0.4) is 0 Å². The molecule has 1 unspecified atom stereocenters. The van der Waals surface area contributed by atoms with Crippen molar-refractivity contribution in [3.8, 4) is 0 Å². The first-order chi connectivity index (χ1) is 3.06. The molecule has 0 aliphatic heterocycles. The third kappa shape index (κ3) is 8.16. The van der Waals surface area contributed by atoms with Gasteiger partial charge >= 0.3 is 75.1 Å². The zero-order chi connectivity index (χ0) is 5.91. The minimum atomic E-state index is -2.17. The first-order valence-corrected chi connectivity index (χ1v) is 18.0. The van der Waals surface area contributed by atoms with Crippen molar-refractivity contribution >= 4 is 67.1 Å². The maximum atomic E-state index is 3.85. The molecule has 0 fully saturated rings. The Morgan fingerprint density at radius 3 is 1.71 bits per heavy atom. The molecule has 7 heavy (non-hydrogen) atoms. The van der Waals surface area contributed by atoms with E-state index in [2.05, 4.69) is 49.9 Å². The second-order valence-corrected chi connectivity index (χ2v) is 38.0. The van der Waals surface area contributed by atoms with Gasteiger partial charge in [-0.05, 0) is 0 Å². The zero-order valence-corrected chi connectivity index (χ0v) is 12.4. The van der Waals surface area contributed by atoms with E-state index in [1.54, 1.807) is 0 Å². The van der Waals surface area contributed by atoms with Gasteiger partial charge in [-0.15, -0.1) is 0 Å². The van der Waals surface area contributed by atoms with Gasteiger partial charge in [0.15, 0.2) is 0 Å². The van der Waals surface area contributed by atoms with Gasteiger partial charge in [0.1, 0.15) is 0 Å². The maximum absolute atomic E-state index is 3.85. The van der Waals surface area contributed by atoms with E-state index in [9.17, 15) is 0 Å². The van der Waals surface area contributed by atoms with E-state index in [1.807, 2.05) is 0 Å². The molecule has 0 saturated heterocycles. The third-order valence-electron chi connectivity index (χ3n) is 0.171. The van der Waals surface area contributed by atoms with E-state index in [1.165, 1.54) is 17.1 Å². The summed E-state index contributed by atoms with van der Waals surface area (Å²) in [5.74, 6) is 0. The van der Waals surface area contributed by atoms with Gasteiger partial charge in [-0.2, -0.15) is 0 Å². The summed E-state index contributed by atoms with van der Waals surface area (Å²) < 4.78 is 7.48. The molecule has 0 amide bonds. The molecule has 0 N–H and O–H groups in total. The Morgan fingerprint density at radius 1 is 1.29 bits per heavy atom. The summed E-state index contributed by atoms with van der Waals surface area (Å²) in [6, 6.07) is 0.